The Bertz CT molecular complexity index is 1220. The van der Waals surface area contributed by atoms with Crippen molar-refractivity contribution in [3.8, 4) is 0 Å². The number of aryl methyl sites for hydroxylation is 1. The quantitative estimate of drug-likeness (QED) is 0.520. The Hall–Kier alpha value is -3.79. The van der Waals surface area contributed by atoms with Crippen LogP contribution in [0.1, 0.15) is 15.9 Å². The van der Waals surface area contributed by atoms with Gasteiger partial charge in [0.05, 0.1) is 29.0 Å². The highest BCUT2D eigenvalue weighted by atomic mass is 32.2. The summed E-state index contributed by atoms with van der Waals surface area (Å²) in [6.07, 6.45) is 3.02. The maximum Gasteiger partial charge on any atom is 0.262 e. The number of para-hydroxylation sites is 1. The van der Waals surface area contributed by atoms with Gasteiger partial charge in [-0.2, -0.15) is 0 Å². The summed E-state index contributed by atoms with van der Waals surface area (Å²) in [5.74, 6) is -1.82. The largest absolute Gasteiger partial charge is 0.343 e. The number of carbonyl (C=O) groups excluding carboxylic acids is 2. The fourth-order valence-corrected chi connectivity index (χ4v) is 3.75. The molecule has 160 valence electrons. The lowest BCUT2D eigenvalue weighted by molar-refractivity contribution is -0.115. The standard InChI is InChI=1S/C21H19FN4O4S/c1-14-8-9-16(31(29,30)26-19-7-3-2-6-18(19)22)11-17(14)21(28)24-13-20(27)25-15-5-4-10-23-12-15/h2-12,26H,13H2,1H3,(H,24,28)(H,25,27). The van der Waals surface area contributed by atoms with Crippen LogP contribution in [0.2, 0.25) is 0 Å². The van der Waals surface area contributed by atoms with Crippen LogP contribution in [0, 0.1) is 12.7 Å². The number of aromatic nitrogens is 1. The van der Waals surface area contributed by atoms with Crippen LogP contribution in [0.3, 0.4) is 0 Å². The van der Waals surface area contributed by atoms with E-state index in [-0.39, 0.29) is 22.7 Å². The second-order valence-corrected chi connectivity index (χ2v) is 8.22. The lowest BCUT2D eigenvalue weighted by Crippen LogP contribution is -2.33. The summed E-state index contributed by atoms with van der Waals surface area (Å²) in [4.78, 5) is 28.2. The van der Waals surface area contributed by atoms with E-state index in [2.05, 4.69) is 20.3 Å². The van der Waals surface area contributed by atoms with Gasteiger partial charge in [-0.15, -0.1) is 0 Å². The third kappa shape index (κ3) is 5.64. The van der Waals surface area contributed by atoms with Crippen LogP contribution in [0.15, 0.2) is 71.9 Å². The van der Waals surface area contributed by atoms with Crippen molar-refractivity contribution in [1.82, 2.24) is 10.3 Å². The normalized spacial score (nSPS) is 10.9. The molecular weight excluding hydrogens is 423 g/mol. The van der Waals surface area contributed by atoms with Gasteiger partial charge in [-0.05, 0) is 48.9 Å². The molecule has 3 rings (SSSR count). The number of amides is 2. The van der Waals surface area contributed by atoms with Gasteiger partial charge in [-0.3, -0.25) is 19.3 Å². The molecule has 0 radical (unpaired) electrons. The van der Waals surface area contributed by atoms with E-state index in [0.29, 0.717) is 11.3 Å². The first-order chi connectivity index (χ1) is 14.8. The summed E-state index contributed by atoms with van der Waals surface area (Å²) in [7, 11) is -4.14. The average Bonchev–Trinajstić information content (AvgIpc) is 2.74. The maximum atomic E-state index is 13.8. The molecule has 0 aliphatic carbocycles. The Morgan fingerprint density at radius 1 is 1.06 bits per heavy atom. The second-order valence-electron chi connectivity index (χ2n) is 6.53. The number of benzene rings is 2. The molecule has 0 atom stereocenters. The van der Waals surface area contributed by atoms with Crippen molar-refractivity contribution in [2.24, 2.45) is 0 Å². The van der Waals surface area contributed by atoms with E-state index in [0.717, 1.165) is 6.07 Å². The minimum Gasteiger partial charge on any atom is -0.343 e. The number of rotatable bonds is 7. The maximum absolute atomic E-state index is 13.8. The number of hydrogen-bond acceptors (Lipinski definition) is 5. The number of halogens is 1. The molecule has 3 N–H and O–H groups in total. The summed E-state index contributed by atoms with van der Waals surface area (Å²) in [6.45, 7) is 1.31. The van der Waals surface area contributed by atoms with Crippen LogP contribution in [0.4, 0.5) is 15.8 Å². The van der Waals surface area contributed by atoms with Gasteiger partial charge < -0.3 is 10.6 Å². The topological polar surface area (TPSA) is 117 Å². The van der Waals surface area contributed by atoms with Gasteiger partial charge in [-0.25, -0.2) is 12.8 Å². The summed E-state index contributed by atoms with van der Waals surface area (Å²) in [6, 6.07) is 12.6. The van der Waals surface area contributed by atoms with E-state index < -0.39 is 27.7 Å². The number of nitrogens with one attached hydrogen (secondary N) is 3. The van der Waals surface area contributed by atoms with Crippen LogP contribution in [0.25, 0.3) is 0 Å². The van der Waals surface area contributed by atoms with Crippen molar-refractivity contribution in [2.45, 2.75) is 11.8 Å². The van der Waals surface area contributed by atoms with Crippen molar-refractivity contribution < 1.29 is 22.4 Å². The Kier molecular flexibility index (Phi) is 6.61. The fraction of sp³-hybridized carbons (Fsp3) is 0.0952. The number of hydrogen-bond donors (Lipinski definition) is 3. The molecule has 31 heavy (non-hydrogen) atoms. The SMILES string of the molecule is Cc1ccc(S(=O)(=O)Nc2ccccc2F)cc1C(=O)NCC(=O)Nc1cccnc1. The zero-order chi connectivity index (χ0) is 22.4. The summed E-state index contributed by atoms with van der Waals surface area (Å²) >= 11 is 0. The molecule has 2 amide bonds. The van der Waals surface area contributed by atoms with Crippen molar-refractivity contribution >= 4 is 33.2 Å². The number of pyridine rings is 1. The van der Waals surface area contributed by atoms with Gasteiger partial charge in [-0.1, -0.05) is 18.2 Å². The van der Waals surface area contributed by atoms with Crippen molar-refractivity contribution in [2.75, 3.05) is 16.6 Å². The predicted molar refractivity (Wildman–Crippen MR) is 114 cm³/mol. The minimum absolute atomic E-state index is 0.0746. The lowest BCUT2D eigenvalue weighted by Gasteiger charge is -2.12. The van der Waals surface area contributed by atoms with Crippen molar-refractivity contribution in [3.05, 3.63) is 83.9 Å². The van der Waals surface area contributed by atoms with E-state index in [1.807, 2.05) is 0 Å². The highest BCUT2D eigenvalue weighted by molar-refractivity contribution is 7.92. The molecule has 3 aromatic rings. The van der Waals surface area contributed by atoms with E-state index in [9.17, 15) is 22.4 Å². The molecule has 10 heteroatoms. The zero-order valence-electron chi connectivity index (χ0n) is 16.4. The monoisotopic (exact) mass is 442 g/mol. The number of anilines is 2. The molecule has 0 aliphatic rings. The second kappa shape index (κ2) is 9.35. The Labute approximate surface area is 178 Å². The van der Waals surface area contributed by atoms with Crippen LogP contribution in [-0.2, 0) is 14.8 Å². The first-order valence-electron chi connectivity index (χ1n) is 9.12. The fourth-order valence-electron chi connectivity index (χ4n) is 2.66. The average molecular weight is 442 g/mol. The molecule has 1 heterocycles. The molecule has 8 nitrogen and oxygen atoms in total. The molecule has 0 spiro atoms. The van der Waals surface area contributed by atoms with Crippen LogP contribution in [0.5, 0.6) is 0 Å². The summed E-state index contributed by atoms with van der Waals surface area (Å²) in [5.41, 5.74) is 0.854. The number of nitrogens with zero attached hydrogens (tertiary/aromatic N) is 1. The Morgan fingerprint density at radius 3 is 2.55 bits per heavy atom. The van der Waals surface area contributed by atoms with Gasteiger partial charge >= 0.3 is 0 Å². The summed E-state index contributed by atoms with van der Waals surface area (Å²) < 4.78 is 41.2. The molecule has 0 fully saturated rings. The van der Waals surface area contributed by atoms with E-state index in [4.69, 9.17) is 0 Å². The molecule has 0 saturated carbocycles. The van der Waals surface area contributed by atoms with Crippen LogP contribution in [-0.4, -0.2) is 31.8 Å². The van der Waals surface area contributed by atoms with E-state index >= 15 is 0 Å². The van der Waals surface area contributed by atoms with Gasteiger partial charge in [0.1, 0.15) is 5.82 Å². The Balaban J connectivity index is 1.72. The molecule has 1 aromatic heterocycles. The van der Waals surface area contributed by atoms with Crippen molar-refractivity contribution in [1.29, 1.82) is 0 Å². The molecule has 0 bridgehead atoms. The molecule has 0 aliphatic heterocycles. The van der Waals surface area contributed by atoms with Gasteiger partial charge in [0.25, 0.3) is 15.9 Å². The van der Waals surface area contributed by atoms with Gasteiger partial charge in [0, 0.05) is 11.8 Å². The molecule has 2 aromatic carbocycles. The molecular formula is C21H19FN4O4S. The third-order valence-corrected chi connectivity index (χ3v) is 5.60. The zero-order valence-corrected chi connectivity index (χ0v) is 17.2. The first kappa shape index (κ1) is 21.9. The third-order valence-electron chi connectivity index (χ3n) is 4.24. The van der Waals surface area contributed by atoms with Crippen molar-refractivity contribution in [3.63, 3.8) is 0 Å². The molecule has 0 saturated heterocycles. The van der Waals surface area contributed by atoms with E-state index in [1.165, 1.54) is 42.6 Å². The molecule has 0 unspecified atom stereocenters. The van der Waals surface area contributed by atoms with Crippen LogP contribution >= 0.6 is 0 Å². The minimum atomic E-state index is -4.14. The van der Waals surface area contributed by atoms with E-state index in [1.54, 1.807) is 25.3 Å². The number of sulfonamides is 1. The Morgan fingerprint density at radius 2 is 1.84 bits per heavy atom. The smallest absolute Gasteiger partial charge is 0.262 e. The predicted octanol–water partition coefficient (Wildman–Crippen LogP) is 2.70. The lowest BCUT2D eigenvalue weighted by atomic mass is 10.1. The highest BCUT2D eigenvalue weighted by Crippen LogP contribution is 2.21. The van der Waals surface area contributed by atoms with Gasteiger partial charge in [0.15, 0.2) is 0 Å². The highest BCUT2D eigenvalue weighted by Gasteiger charge is 2.20. The number of carbonyl (C=O) groups is 2. The van der Waals surface area contributed by atoms with Crippen LogP contribution < -0.4 is 15.4 Å². The first-order valence-corrected chi connectivity index (χ1v) is 10.6. The summed E-state index contributed by atoms with van der Waals surface area (Å²) in [5, 5.41) is 5.02. The van der Waals surface area contributed by atoms with Gasteiger partial charge in [0.2, 0.25) is 5.91 Å².